The number of hydrogen-bond acceptors (Lipinski definition) is 7. The summed E-state index contributed by atoms with van der Waals surface area (Å²) in [5, 5.41) is 9.33. The fourth-order valence-electron chi connectivity index (χ4n) is 3.65. The second-order valence-electron chi connectivity index (χ2n) is 8.46. The minimum absolute atomic E-state index is 0.0714. The molecule has 10 nitrogen and oxygen atoms in total. The van der Waals surface area contributed by atoms with Crippen LogP contribution in [-0.2, 0) is 19.1 Å². The minimum atomic E-state index is -0.903. The first-order chi connectivity index (χ1) is 17.8. The molecule has 3 amide bonds. The molecule has 0 aromatic heterocycles. The van der Waals surface area contributed by atoms with Crippen LogP contribution in [0.1, 0.15) is 36.5 Å². The lowest BCUT2D eigenvalue weighted by Gasteiger charge is -2.15. The highest BCUT2D eigenvalue weighted by Gasteiger charge is 2.19. The van der Waals surface area contributed by atoms with Gasteiger partial charge in [0.2, 0.25) is 0 Å². The number of carbonyl (C=O) groups is 3. The predicted molar refractivity (Wildman–Crippen MR) is 140 cm³/mol. The van der Waals surface area contributed by atoms with Crippen LogP contribution < -0.4 is 25.5 Å². The number of carbonyl (C=O) groups excluding carboxylic acids is 3. The van der Waals surface area contributed by atoms with E-state index in [-0.39, 0.29) is 35.9 Å². The third-order valence-electron chi connectivity index (χ3n) is 5.44. The van der Waals surface area contributed by atoms with Gasteiger partial charge in [-0.2, -0.15) is 5.10 Å². The van der Waals surface area contributed by atoms with E-state index in [9.17, 15) is 14.4 Å². The Labute approximate surface area is 220 Å². The van der Waals surface area contributed by atoms with Gasteiger partial charge in [-0.1, -0.05) is 29.3 Å². The van der Waals surface area contributed by atoms with Gasteiger partial charge in [0.25, 0.3) is 5.91 Å². The van der Waals surface area contributed by atoms with E-state index in [1.807, 2.05) is 32.0 Å². The molecule has 11 heteroatoms. The molecular formula is C26H31ClN4O6. The number of aryl methyl sites for hydroxylation is 2. The number of halogens is 1. The number of nitrogens with one attached hydrogen (secondary N) is 3. The van der Waals surface area contributed by atoms with E-state index in [1.165, 1.54) is 12.3 Å². The fourth-order valence-corrected chi connectivity index (χ4v) is 3.93. The molecule has 2 aromatic carbocycles. The highest BCUT2D eigenvalue weighted by atomic mass is 35.5. The number of hydrogen-bond donors (Lipinski definition) is 3. The van der Waals surface area contributed by atoms with Crippen LogP contribution >= 0.6 is 11.6 Å². The van der Waals surface area contributed by atoms with Crippen molar-refractivity contribution in [1.82, 2.24) is 10.7 Å². The average molecular weight is 531 g/mol. The third-order valence-corrected chi connectivity index (χ3v) is 5.72. The molecule has 0 saturated carbocycles. The summed E-state index contributed by atoms with van der Waals surface area (Å²) < 4.78 is 16.7. The Morgan fingerprint density at radius 1 is 1.16 bits per heavy atom. The van der Waals surface area contributed by atoms with Crippen LogP contribution in [0.4, 0.5) is 5.69 Å². The Hall–Kier alpha value is -3.63. The number of ether oxygens (including phenoxy) is 3. The van der Waals surface area contributed by atoms with Crippen molar-refractivity contribution in [1.29, 1.82) is 0 Å². The van der Waals surface area contributed by atoms with Gasteiger partial charge in [-0.3, -0.25) is 14.4 Å². The van der Waals surface area contributed by atoms with Crippen molar-refractivity contribution < 1.29 is 28.6 Å². The molecule has 0 unspecified atom stereocenters. The van der Waals surface area contributed by atoms with Crippen LogP contribution in [-0.4, -0.2) is 56.4 Å². The van der Waals surface area contributed by atoms with Gasteiger partial charge < -0.3 is 24.8 Å². The molecule has 3 rings (SSSR count). The molecule has 0 radical (unpaired) electrons. The van der Waals surface area contributed by atoms with Gasteiger partial charge in [-0.25, -0.2) is 5.43 Å². The van der Waals surface area contributed by atoms with Gasteiger partial charge in [-0.15, -0.1) is 0 Å². The summed E-state index contributed by atoms with van der Waals surface area (Å²) in [5.41, 5.74) is 5.40. The Bertz CT molecular complexity index is 1160. The lowest BCUT2D eigenvalue weighted by Crippen LogP contribution is -2.41. The number of amides is 3. The van der Waals surface area contributed by atoms with Crippen molar-refractivity contribution >= 4 is 41.2 Å². The molecule has 37 heavy (non-hydrogen) atoms. The van der Waals surface area contributed by atoms with Crippen molar-refractivity contribution in [3.8, 4) is 11.5 Å². The molecule has 1 atom stereocenters. The largest absolute Gasteiger partial charge is 0.490 e. The summed E-state index contributed by atoms with van der Waals surface area (Å²) in [6, 6.07) is 8.85. The number of anilines is 1. The molecule has 3 N–H and O–H groups in total. The van der Waals surface area contributed by atoms with Crippen molar-refractivity contribution in [3.63, 3.8) is 0 Å². The van der Waals surface area contributed by atoms with E-state index in [4.69, 9.17) is 25.8 Å². The maximum atomic E-state index is 12.4. The summed E-state index contributed by atoms with van der Waals surface area (Å²) in [6.45, 7) is 6.66. The summed E-state index contributed by atoms with van der Waals surface area (Å²) in [5.74, 6) is -1.55. The van der Waals surface area contributed by atoms with Gasteiger partial charge in [0.05, 0.1) is 23.9 Å². The summed E-state index contributed by atoms with van der Waals surface area (Å²) in [4.78, 5) is 36.3. The number of rotatable bonds is 10. The molecule has 198 valence electrons. The van der Waals surface area contributed by atoms with E-state index >= 15 is 0 Å². The maximum absolute atomic E-state index is 12.4. The molecule has 1 aliphatic heterocycles. The van der Waals surface area contributed by atoms with Crippen LogP contribution in [0.2, 0.25) is 5.02 Å². The van der Waals surface area contributed by atoms with Gasteiger partial charge in [-0.05, 0) is 62.9 Å². The molecule has 0 bridgehead atoms. The van der Waals surface area contributed by atoms with E-state index in [0.717, 1.165) is 24.0 Å². The Morgan fingerprint density at radius 2 is 1.97 bits per heavy atom. The number of nitrogens with zero attached hydrogens (tertiary/aromatic N) is 1. The predicted octanol–water partition coefficient (Wildman–Crippen LogP) is 3.12. The van der Waals surface area contributed by atoms with Gasteiger partial charge in [0.1, 0.15) is 0 Å². The highest BCUT2D eigenvalue weighted by molar-refractivity contribution is 6.35. The highest BCUT2D eigenvalue weighted by Crippen LogP contribution is 2.36. The van der Waals surface area contributed by atoms with E-state index in [0.29, 0.717) is 30.2 Å². The third kappa shape index (κ3) is 8.47. The van der Waals surface area contributed by atoms with Gasteiger partial charge >= 0.3 is 11.8 Å². The smallest absolute Gasteiger partial charge is 0.329 e. The van der Waals surface area contributed by atoms with E-state index < -0.39 is 11.8 Å². The zero-order valence-electron chi connectivity index (χ0n) is 21.1. The second kappa shape index (κ2) is 13.6. The van der Waals surface area contributed by atoms with Gasteiger partial charge in [0.15, 0.2) is 18.1 Å². The molecule has 1 saturated heterocycles. The van der Waals surface area contributed by atoms with Crippen LogP contribution in [0.15, 0.2) is 35.4 Å². The number of benzene rings is 2. The molecule has 1 heterocycles. The zero-order valence-corrected chi connectivity index (χ0v) is 21.8. The lowest BCUT2D eigenvalue weighted by atomic mass is 10.1. The van der Waals surface area contributed by atoms with E-state index in [2.05, 4.69) is 21.2 Å². The Kier molecular flexibility index (Phi) is 10.3. The van der Waals surface area contributed by atoms with E-state index in [1.54, 1.807) is 13.0 Å². The first kappa shape index (κ1) is 27.9. The summed E-state index contributed by atoms with van der Waals surface area (Å²) in [6.07, 6.45) is 3.03. The average Bonchev–Trinajstić information content (AvgIpc) is 3.37. The zero-order chi connectivity index (χ0) is 26.8. The van der Waals surface area contributed by atoms with Crippen LogP contribution in [0, 0.1) is 13.8 Å². The van der Waals surface area contributed by atoms with Crippen LogP contribution in [0.5, 0.6) is 11.5 Å². The van der Waals surface area contributed by atoms with Crippen molar-refractivity contribution in [2.75, 3.05) is 31.7 Å². The summed E-state index contributed by atoms with van der Waals surface area (Å²) in [7, 11) is 0. The summed E-state index contributed by atoms with van der Waals surface area (Å²) >= 11 is 6.39. The minimum Gasteiger partial charge on any atom is -0.490 e. The topological polar surface area (TPSA) is 127 Å². The fraction of sp³-hybridized carbons (Fsp3) is 0.385. The molecule has 2 aromatic rings. The van der Waals surface area contributed by atoms with Crippen LogP contribution in [0.25, 0.3) is 0 Å². The van der Waals surface area contributed by atoms with Crippen molar-refractivity contribution in [3.05, 3.63) is 52.0 Å². The molecule has 1 fully saturated rings. The first-order valence-corrected chi connectivity index (χ1v) is 12.3. The van der Waals surface area contributed by atoms with Gasteiger partial charge in [0, 0.05) is 18.8 Å². The number of hydrazone groups is 1. The Balaban J connectivity index is 1.57. The normalized spacial score (nSPS) is 14.9. The van der Waals surface area contributed by atoms with Crippen molar-refractivity contribution in [2.24, 2.45) is 5.10 Å². The lowest BCUT2D eigenvalue weighted by molar-refractivity contribution is -0.139. The quantitative estimate of drug-likeness (QED) is 0.246. The SMILES string of the molecule is CCOc1cc(/C=N\NC(=O)C(=O)NC[C@@H]2CCCO2)cc(Cl)c1OCC(=O)Nc1ccc(C)cc1C. The molecule has 0 spiro atoms. The molecular weight excluding hydrogens is 500 g/mol. The second-order valence-corrected chi connectivity index (χ2v) is 8.87. The molecule has 0 aliphatic carbocycles. The van der Waals surface area contributed by atoms with Crippen LogP contribution in [0.3, 0.4) is 0 Å². The van der Waals surface area contributed by atoms with Crippen molar-refractivity contribution in [2.45, 2.75) is 39.7 Å². The maximum Gasteiger partial charge on any atom is 0.329 e. The molecule has 1 aliphatic rings. The monoisotopic (exact) mass is 530 g/mol. The standard InChI is InChI=1S/C26H31ClN4O6/c1-4-35-22-12-18(13-29-31-26(34)25(33)28-14-19-6-5-9-36-19)11-20(27)24(22)37-15-23(32)30-21-8-7-16(2)10-17(21)3/h7-8,10-13,19H,4-6,9,14-15H2,1-3H3,(H,28,33)(H,30,32)(H,31,34)/b29-13-/t19-/m0/s1. The first-order valence-electron chi connectivity index (χ1n) is 12.0. The Morgan fingerprint density at radius 3 is 2.68 bits per heavy atom.